The van der Waals surface area contributed by atoms with E-state index in [0.29, 0.717) is 19.8 Å². The molecule has 2 unspecified atom stereocenters. The highest BCUT2D eigenvalue weighted by Crippen LogP contribution is 2.32. The minimum absolute atomic E-state index is 0.249. The second kappa shape index (κ2) is 7.10. The van der Waals surface area contributed by atoms with Crippen molar-refractivity contribution in [3.8, 4) is 0 Å². The van der Waals surface area contributed by atoms with Crippen molar-refractivity contribution in [3.05, 3.63) is 0 Å². The molecule has 2 rings (SSSR count). The van der Waals surface area contributed by atoms with Crippen molar-refractivity contribution in [1.82, 2.24) is 0 Å². The first-order valence-electron chi connectivity index (χ1n) is 7.21. The highest BCUT2D eigenvalue weighted by molar-refractivity contribution is 5.71. The van der Waals surface area contributed by atoms with Crippen molar-refractivity contribution in [3.63, 3.8) is 0 Å². The number of hydrogen-bond acceptors (Lipinski definition) is 3. The van der Waals surface area contributed by atoms with Gasteiger partial charge in [-0.1, -0.05) is 32.1 Å². The van der Waals surface area contributed by atoms with Gasteiger partial charge in [-0.2, -0.15) is 0 Å². The van der Waals surface area contributed by atoms with Crippen molar-refractivity contribution in [1.29, 1.82) is 0 Å². The van der Waals surface area contributed by atoms with Gasteiger partial charge in [-0.25, -0.2) is 0 Å². The Labute approximate surface area is 109 Å². The van der Waals surface area contributed by atoms with Gasteiger partial charge in [0.1, 0.15) is 0 Å². The van der Waals surface area contributed by atoms with Gasteiger partial charge in [-0.15, -0.1) is 0 Å². The van der Waals surface area contributed by atoms with E-state index < -0.39 is 5.97 Å². The summed E-state index contributed by atoms with van der Waals surface area (Å²) in [7, 11) is 0. The molecule has 18 heavy (non-hydrogen) atoms. The van der Waals surface area contributed by atoms with Crippen LogP contribution in [0.25, 0.3) is 0 Å². The lowest BCUT2D eigenvalue weighted by molar-refractivity contribution is -0.164. The zero-order valence-corrected chi connectivity index (χ0v) is 11.0. The summed E-state index contributed by atoms with van der Waals surface area (Å²) in [6, 6.07) is 0. The van der Waals surface area contributed by atoms with Gasteiger partial charge in [0.05, 0.1) is 31.8 Å². The van der Waals surface area contributed by atoms with Crippen LogP contribution in [0.15, 0.2) is 0 Å². The van der Waals surface area contributed by atoms with E-state index in [0.717, 1.165) is 25.7 Å². The average Bonchev–Trinajstić information content (AvgIpc) is 2.33. The van der Waals surface area contributed by atoms with Gasteiger partial charge in [-0.3, -0.25) is 4.79 Å². The van der Waals surface area contributed by atoms with E-state index in [4.69, 9.17) is 9.47 Å². The summed E-state index contributed by atoms with van der Waals surface area (Å²) >= 11 is 0. The lowest BCUT2D eigenvalue weighted by atomic mass is 9.79. The summed E-state index contributed by atoms with van der Waals surface area (Å²) < 4.78 is 11.0. The Morgan fingerprint density at radius 2 is 1.72 bits per heavy atom. The first-order valence-corrected chi connectivity index (χ1v) is 7.21. The molecule has 0 amide bonds. The molecule has 0 spiro atoms. The molecule has 0 radical (unpaired) electrons. The van der Waals surface area contributed by atoms with E-state index in [-0.39, 0.29) is 17.9 Å². The fraction of sp³-hybridized carbons (Fsp3) is 0.929. The summed E-state index contributed by atoms with van der Waals surface area (Å²) in [6.07, 6.45) is 7.89. The molecule has 0 aromatic heterocycles. The monoisotopic (exact) mass is 256 g/mol. The van der Waals surface area contributed by atoms with Gasteiger partial charge in [-0.05, 0) is 18.8 Å². The van der Waals surface area contributed by atoms with Crippen molar-refractivity contribution in [2.45, 2.75) is 51.0 Å². The second-order valence-corrected chi connectivity index (χ2v) is 5.45. The number of rotatable bonds is 3. The SMILES string of the molecule is O=C(O)C(C1CCCCCCC1)C1COCCO1. The van der Waals surface area contributed by atoms with E-state index in [1.165, 1.54) is 19.3 Å². The highest BCUT2D eigenvalue weighted by Gasteiger charge is 2.37. The van der Waals surface area contributed by atoms with Gasteiger partial charge >= 0.3 is 5.97 Å². The van der Waals surface area contributed by atoms with Crippen LogP contribution in [0, 0.1) is 11.8 Å². The molecule has 0 aromatic carbocycles. The Morgan fingerprint density at radius 1 is 1.06 bits per heavy atom. The molecule has 2 fully saturated rings. The standard InChI is InChI=1S/C14H24O4/c15-14(16)13(12-10-17-8-9-18-12)11-6-4-2-1-3-5-7-11/h11-13H,1-10H2,(H,15,16). The number of ether oxygens (including phenoxy) is 2. The molecule has 1 aliphatic heterocycles. The Morgan fingerprint density at radius 3 is 2.28 bits per heavy atom. The van der Waals surface area contributed by atoms with E-state index in [2.05, 4.69) is 0 Å². The summed E-state index contributed by atoms with van der Waals surface area (Å²) in [5.74, 6) is -0.839. The smallest absolute Gasteiger partial charge is 0.309 e. The number of hydrogen-bond donors (Lipinski definition) is 1. The van der Waals surface area contributed by atoms with Crippen molar-refractivity contribution < 1.29 is 19.4 Å². The highest BCUT2D eigenvalue weighted by atomic mass is 16.6. The van der Waals surface area contributed by atoms with E-state index in [9.17, 15) is 9.90 Å². The molecular formula is C14H24O4. The Balaban J connectivity index is 1.99. The Kier molecular flexibility index (Phi) is 5.45. The summed E-state index contributed by atoms with van der Waals surface area (Å²) in [5.41, 5.74) is 0. The van der Waals surface area contributed by atoms with Crippen LogP contribution in [-0.4, -0.2) is 37.0 Å². The fourth-order valence-corrected chi connectivity index (χ4v) is 3.22. The van der Waals surface area contributed by atoms with Crippen LogP contribution in [0.4, 0.5) is 0 Å². The van der Waals surface area contributed by atoms with Crippen LogP contribution < -0.4 is 0 Å². The molecule has 2 aliphatic rings. The molecule has 1 saturated heterocycles. The number of carboxylic acid groups (broad SMARTS) is 1. The van der Waals surface area contributed by atoms with Crippen molar-refractivity contribution in [2.24, 2.45) is 11.8 Å². The Hall–Kier alpha value is -0.610. The third kappa shape index (κ3) is 3.69. The third-order valence-corrected chi connectivity index (χ3v) is 4.19. The molecule has 0 aromatic rings. The van der Waals surface area contributed by atoms with Crippen LogP contribution in [-0.2, 0) is 14.3 Å². The second-order valence-electron chi connectivity index (χ2n) is 5.45. The predicted octanol–water partition coefficient (Wildman–Crippen LogP) is 2.46. The van der Waals surface area contributed by atoms with Crippen LogP contribution in [0.5, 0.6) is 0 Å². The molecule has 0 bridgehead atoms. The molecule has 2 atom stereocenters. The summed E-state index contributed by atoms with van der Waals surface area (Å²) in [6.45, 7) is 1.56. The van der Waals surface area contributed by atoms with Crippen LogP contribution >= 0.6 is 0 Å². The zero-order valence-electron chi connectivity index (χ0n) is 11.0. The molecule has 1 aliphatic carbocycles. The zero-order chi connectivity index (χ0) is 12.8. The first kappa shape index (κ1) is 13.8. The lowest BCUT2D eigenvalue weighted by Gasteiger charge is -2.33. The van der Waals surface area contributed by atoms with Gasteiger partial charge in [0.15, 0.2) is 0 Å². The maximum absolute atomic E-state index is 11.6. The fourth-order valence-electron chi connectivity index (χ4n) is 3.22. The number of carboxylic acids is 1. The van der Waals surface area contributed by atoms with Gasteiger partial charge < -0.3 is 14.6 Å². The topological polar surface area (TPSA) is 55.8 Å². The normalized spacial score (nSPS) is 29.2. The van der Waals surface area contributed by atoms with Crippen molar-refractivity contribution in [2.75, 3.05) is 19.8 Å². The molecule has 1 heterocycles. The summed E-state index contributed by atoms with van der Waals surface area (Å²) in [5, 5.41) is 9.50. The summed E-state index contributed by atoms with van der Waals surface area (Å²) in [4.78, 5) is 11.6. The van der Waals surface area contributed by atoms with Gasteiger partial charge in [0.25, 0.3) is 0 Å². The third-order valence-electron chi connectivity index (χ3n) is 4.19. The largest absolute Gasteiger partial charge is 0.481 e. The minimum atomic E-state index is -0.712. The average molecular weight is 256 g/mol. The Bertz CT molecular complexity index is 253. The predicted molar refractivity (Wildman–Crippen MR) is 67.5 cm³/mol. The van der Waals surface area contributed by atoms with E-state index in [1.807, 2.05) is 0 Å². The number of aliphatic carboxylic acids is 1. The molecule has 1 saturated carbocycles. The van der Waals surface area contributed by atoms with E-state index >= 15 is 0 Å². The quantitative estimate of drug-likeness (QED) is 0.842. The van der Waals surface area contributed by atoms with Crippen LogP contribution in [0.2, 0.25) is 0 Å². The van der Waals surface area contributed by atoms with Gasteiger partial charge in [0.2, 0.25) is 0 Å². The molecule has 1 N–H and O–H groups in total. The maximum Gasteiger partial charge on any atom is 0.309 e. The van der Waals surface area contributed by atoms with Crippen LogP contribution in [0.1, 0.15) is 44.9 Å². The van der Waals surface area contributed by atoms with Crippen LogP contribution in [0.3, 0.4) is 0 Å². The van der Waals surface area contributed by atoms with Gasteiger partial charge in [0, 0.05) is 0 Å². The first-order chi connectivity index (χ1) is 8.79. The molecule has 104 valence electrons. The maximum atomic E-state index is 11.6. The lowest BCUT2D eigenvalue weighted by Crippen LogP contribution is -2.42. The molecular weight excluding hydrogens is 232 g/mol. The molecule has 4 heteroatoms. The van der Waals surface area contributed by atoms with Crippen molar-refractivity contribution >= 4 is 5.97 Å². The minimum Gasteiger partial charge on any atom is -0.481 e. The number of carbonyl (C=O) groups is 1. The molecule has 4 nitrogen and oxygen atoms in total. The van der Waals surface area contributed by atoms with E-state index in [1.54, 1.807) is 0 Å².